The van der Waals surface area contributed by atoms with Gasteiger partial charge in [0, 0.05) is 18.3 Å². The van der Waals surface area contributed by atoms with Crippen molar-refractivity contribution < 1.29 is 9.66 Å². The molecule has 1 fully saturated rings. The van der Waals surface area contributed by atoms with Crippen LogP contribution in [0, 0.1) is 10.1 Å². The minimum atomic E-state index is -0.482. The van der Waals surface area contributed by atoms with Crippen LogP contribution >= 0.6 is 0 Å². The van der Waals surface area contributed by atoms with Crippen LogP contribution in [0.1, 0.15) is 12.8 Å². The molecule has 0 unspecified atom stereocenters. The summed E-state index contributed by atoms with van der Waals surface area (Å²) in [6.45, 7) is 1.41. The first-order chi connectivity index (χ1) is 7.77. The summed E-state index contributed by atoms with van der Waals surface area (Å²) in [6.07, 6.45) is 3.66. The largest absolute Gasteiger partial charge is 0.471 e. The summed E-state index contributed by atoms with van der Waals surface area (Å²) in [4.78, 5) is 14.1. The third kappa shape index (κ3) is 2.46. The summed E-state index contributed by atoms with van der Waals surface area (Å²) >= 11 is 0. The van der Waals surface area contributed by atoms with Crippen LogP contribution in [0.15, 0.2) is 18.3 Å². The highest BCUT2D eigenvalue weighted by molar-refractivity contribution is 5.39. The highest BCUT2D eigenvalue weighted by Gasteiger charge is 2.19. The molecule has 1 aliphatic rings. The number of ether oxygens (including phenoxy) is 1. The van der Waals surface area contributed by atoms with E-state index in [-0.39, 0.29) is 17.6 Å². The number of nitrogens with one attached hydrogen (secondary N) is 1. The smallest absolute Gasteiger partial charge is 0.330 e. The summed E-state index contributed by atoms with van der Waals surface area (Å²) in [5, 5.41) is 13.9. The molecule has 0 saturated carbocycles. The molecule has 0 radical (unpaired) electrons. The van der Waals surface area contributed by atoms with Crippen molar-refractivity contribution in [2.45, 2.75) is 18.9 Å². The summed E-state index contributed by atoms with van der Waals surface area (Å²) in [7, 11) is 0. The van der Waals surface area contributed by atoms with Crippen molar-refractivity contribution in [2.75, 3.05) is 13.2 Å². The second kappa shape index (κ2) is 4.89. The highest BCUT2D eigenvalue weighted by Crippen LogP contribution is 2.23. The van der Waals surface area contributed by atoms with Crippen LogP contribution in [0.2, 0.25) is 0 Å². The third-order valence-electron chi connectivity index (χ3n) is 2.53. The Labute approximate surface area is 92.8 Å². The van der Waals surface area contributed by atoms with Crippen molar-refractivity contribution in [2.24, 2.45) is 0 Å². The molecule has 1 atom stereocenters. The van der Waals surface area contributed by atoms with Gasteiger partial charge in [-0.15, -0.1) is 0 Å². The fourth-order valence-corrected chi connectivity index (χ4v) is 1.71. The number of hydrogen-bond donors (Lipinski definition) is 1. The molecule has 1 aromatic heterocycles. The Morgan fingerprint density at radius 1 is 1.69 bits per heavy atom. The molecule has 6 nitrogen and oxygen atoms in total. The zero-order chi connectivity index (χ0) is 11.4. The predicted octanol–water partition coefficient (Wildman–Crippen LogP) is 1.12. The lowest BCUT2D eigenvalue weighted by Crippen LogP contribution is -2.28. The molecule has 1 N–H and O–H groups in total. The van der Waals surface area contributed by atoms with E-state index in [1.54, 1.807) is 0 Å². The Bertz CT molecular complexity index is 377. The van der Waals surface area contributed by atoms with E-state index in [1.165, 1.54) is 18.3 Å². The molecule has 16 heavy (non-hydrogen) atoms. The second-order valence-corrected chi connectivity index (χ2v) is 3.69. The zero-order valence-electron chi connectivity index (χ0n) is 8.76. The summed E-state index contributed by atoms with van der Waals surface area (Å²) < 4.78 is 5.37. The van der Waals surface area contributed by atoms with Gasteiger partial charge in [0.25, 0.3) is 5.88 Å². The van der Waals surface area contributed by atoms with Gasteiger partial charge in [-0.1, -0.05) is 0 Å². The van der Waals surface area contributed by atoms with Crippen molar-refractivity contribution in [3.05, 3.63) is 28.4 Å². The lowest BCUT2D eigenvalue weighted by atomic mass is 10.2. The Morgan fingerprint density at radius 2 is 2.56 bits per heavy atom. The molecule has 86 valence electrons. The monoisotopic (exact) mass is 223 g/mol. The van der Waals surface area contributed by atoms with Crippen LogP contribution in [-0.2, 0) is 0 Å². The van der Waals surface area contributed by atoms with Crippen molar-refractivity contribution in [1.82, 2.24) is 10.3 Å². The molecule has 0 amide bonds. The first kappa shape index (κ1) is 10.8. The lowest BCUT2D eigenvalue weighted by molar-refractivity contribution is -0.386. The van der Waals surface area contributed by atoms with Crippen LogP contribution in [-0.4, -0.2) is 29.1 Å². The van der Waals surface area contributed by atoms with Gasteiger partial charge in [-0.3, -0.25) is 10.1 Å². The van der Waals surface area contributed by atoms with E-state index in [0.717, 1.165) is 19.4 Å². The Morgan fingerprint density at radius 3 is 3.25 bits per heavy atom. The highest BCUT2D eigenvalue weighted by atomic mass is 16.6. The van der Waals surface area contributed by atoms with Gasteiger partial charge in [0.1, 0.15) is 6.61 Å². The van der Waals surface area contributed by atoms with Crippen LogP contribution in [0.25, 0.3) is 0 Å². The molecule has 0 bridgehead atoms. The normalized spacial score (nSPS) is 19.6. The fourth-order valence-electron chi connectivity index (χ4n) is 1.71. The van der Waals surface area contributed by atoms with Crippen molar-refractivity contribution >= 4 is 5.69 Å². The van der Waals surface area contributed by atoms with Gasteiger partial charge in [0.15, 0.2) is 0 Å². The fraction of sp³-hybridized carbons (Fsp3) is 0.500. The van der Waals surface area contributed by atoms with Gasteiger partial charge < -0.3 is 10.1 Å². The zero-order valence-corrected chi connectivity index (χ0v) is 8.76. The molecular weight excluding hydrogens is 210 g/mol. The molecule has 1 aliphatic heterocycles. The van der Waals surface area contributed by atoms with Gasteiger partial charge in [-0.2, -0.15) is 0 Å². The molecule has 0 spiro atoms. The molecular formula is C10H13N3O3. The average molecular weight is 223 g/mol. The first-order valence-corrected chi connectivity index (χ1v) is 5.23. The standard InChI is InChI=1S/C10H13N3O3/c14-13(15)9-4-2-6-12-10(9)16-7-8-3-1-5-11-8/h2,4,6,8,11H,1,3,5,7H2/t8-/m1/s1. The molecule has 1 saturated heterocycles. The Hall–Kier alpha value is -1.69. The Kier molecular flexibility index (Phi) is 3.31. The number of hydrogen-bond acceptors (Lipinski definition) is 5. The van der Waals surface area contributed by atoms with Crippen molar-refractivity contribution in [1.29, 1.82) is 0 Å². The average Bonchev–Trinajstić information content (AvgIpc) is 2.79. The van der Waals surface area contributed by atoms with Gasteiger partial charge in [-0.05, 0) is 25.5 Å². The summed E-state index contributed by atoms with van der Waals surface area (Å²) in [6, 6.07) is 3.20. The molecule has 1 aromatic rings. The minimum Gasteiger partial charge on any atom is -0.471 e. The third-order valence-corrected chi connectivity index (χ3v) is 2.53. The second-order valence-electron chi connectivity index (χ2n) is 3.69. The van der Waals surface area contributed by atoms with Crippen molar-refractivity contribution in [3.8, 4) is 5.88 Å². The molecule has 0 aromatic carbocycles. The van der Waals surface area contributed by atoms with E-state index in [0.29, 0.717) is 6.61 Å². The van der Waals surface area contributed by atoms with Gasteiger partial charge in [-0.25, -0.2) is 4.98 Å². The number of aromatic nitrogens is 1. The number of nitro groups is 1. The minimum absolute atomic E-state index is 0.0829. The summed E-state index contributed by atoms with van der Waals surface area (Å²) in [5.74, 6) is 0.0983. The quantitative estimate of drug-likeness (QED) is 0.611. The van der Waals surface area contributed by atoms with Gasteiger partial charge >= 0.3 is 5.69 Å². The topological polar surface area (TPSA) is 77.3 Å². The van der Waals surface area contributed by atoms with Crippen LogP contribution < -0.4 is 10.1 Å². The predicted molar refractivity (Wildman–Crippen MR) is 57.4 cm³/mol. The van der Waals surface area contributed by atoms with Crippen LogP contribution in [0.3, 0.4) is 0 Å². The van der Waals surface area contributed by atoms with E-state index in [4.69, 9.17) is 4.74 Å². The molecule has 0 aliphatic carbocycles. The molecule has 6 heteroatoms. The van der Waals surface area contributed by atoms with E-state index >= 15 is 0 Å². The number of pyridine rings is 1. The molecule has 2 heterocycles. The maximum absolute atomic E-state index is 10.7. The summed E-state index contributed by atoms with van der Waals surface area (Å²) in [5.41, 5.74) is -0.0829. The lowest BCUT2D eigenvalue weighted by Gasteiger charge is -2.10. The van der Waals surface area contributed by atoms with Gasteiger partial charge in [0.05, 0.1) is 4.92 Å². The van der Waals surface area contributed by atoms with E-state index in [1.807, 2.05) is 0 Å². The van der Waals surface area contributed by atoms with Crippen LogP contribution in [0.4, 0.5) is 5.69 Å². The number of nitrogens with zero attached hydrogens (tertiary/aromatic N) is 2. The SMILES string of the molecule is O=[N+]([O-])c1cccnc1OC[C@H]1CCCN1. The Balaban J connectivity index is 2.00. The van der Waals surface area contributed by atoms with E-state index in [9.17, 15) is 10.1 Å². The van der Waals surface area contributed by atoms with Crippen LogP contribution in [0.5, 0.6) is 5.88 Å². The maximum Gasteiger partial charge on any atom is 0.330 e. The first-order valence-electron chi connectivity index (χ1n) is 5.23. The van der Waals surface area contributed by atoms with Crippen molar-refractivity contribution in [3.63, 3.8) is 0 Å². The number of rotatable bonds is 4. The maximum atomic E-state index is 10.7. The molecule has 2 rings (SSSR count). The van der Waals surface area contributed by atoms with E-state index in [2.05, 4.69) is 10.3 Å². The van der Waals surface area contributed by atoms with E-state index < -0.39 is 4.92 Å². The van der Waals surface area contributed by atoms with Gasteiger partial charge in [0.2, 0.25) is 0 Å².